The van der Waals surface area contributed by atoms with Crippen LogP contribution in [0.1, 0.15) is 12.5 Å². The van der Waals surface area contributed by atoms with Gasteiger partial charge < -0.3 is 0 Å². The molecular formula is C8H10BN+. The highest BCUT2D eigenvalue weighted by molar-refractivity contribution is 5.94. The molecule has 0 N–H and O–H groups in total. The zero-order chi connectivity index (χ0) is 7.40. The van der Waals surface area contributed by atoms with Crippen LogP contribution in [0, 0.1) is 0 Å². The molecule has 0 saturated carbocycles. The van der Waals surface area contributed by atoms with Gasteiger partial charge in [-0.25, -0.2) is 0 Å². The highest BCUT2D eigenvalue weighted by atomic mass is 14.8. The van der Waals surface area contributed by atoms with Crippen LogP contribution in [0.15, 0.2) is 30.6 Å². The summed E-state index contributed by atoms with van der Waals surface area (Å²) < 4.78 is 1.77. The molecule has 0 aromatic carbocycles. The van der Waals surface area contributed by atoms with Crippen molar-refractivity contribution in [2.75, 3.05) is 0 Å². The minimum Gasteiger partial charge on any atom is -0.295 e. The molecule has 1 aromatic heterocycles. The number of aromatic nitrogens is 1. The molecular weight excluding hydrogens is 121 g/mol. The molecule has 0 bridgehead atoms. The molecule has 0 aliphatic heterocycles. The van der Waals surface area contributed by atoms with Gasteiger partial charge in [0, 0.05) is 12.1 Å². The van der Waals surface area contributed by atoms with Gasteiger partial charge in [-0.15, -0.1) is 0 Å². The summed E-state index contributed by atoms with van der Waals surface area (Å²) >= 11 is 0. The highest BCUT2D eigenvalue weighted by Gasteiger charge is 1.89. The van der Waals surface area contributed by atoms with Crippen LogP contribution in [0.3, 0.4) is 0 Å². The molecule has 49 valence electrons. The number of rotatable bonds is 1. The molecule has 0 aliphatic rings. The van der Waals surface area contributed by atoms with Crippen molar-refractivity contribution in [1.29, 1.82) is 0 Å². The van der Waals surface area contributed by atoms with Gasteiger partial charge in [0.15, 0.2) is 0 Å². The Morgan fingerprint density at radius 1 is 1.40 bits per heavy atom. The van der Waals surface area contributed by atoms with Gasteiger partial charge in [0.25, 0.3) is 0 Å². The standard InChI is InChI=1S/C8H10BN/c1-2-3-8-4-6-10(9)7-5-8/h2-7,9H,1H3/q+1/b3-2+. The van der Waals surface area contributed by atoms with Crippen LogP contribution in [0.4, 0.5) is 0 Å². The molecule has 1 rings (SSSR count). The second-order valence-corrected chi connectivity index (χ2v) is 2.15. The first-order valence-electron chi connectivity index (χ1n) is 3.28. The van der Waals surface area contributed by atoms with Crippen molar-refractivity contribution in [3.63, 3.8) is 0 Å². The van der Waals surface area contributed by atoms with Crippen molar-refractivity contribution in [3.8, 4) is 0 Å². The molecule has 0 atom stereocenters. The Morgan fingerprint density at radius 3 is 2.50 bits per heavy atom. The van der Waals surface area contributed by atoms with E-state index in [-0.39, 0.29) is 0 Å². The molecule has 0 spiro atoms. The second kappa shape index (κ2) is 3.21. The zero-order valence-corrected chi connectivity index (χ0v) is 6.12. The summed E-state index contributed by atoms with van der Waals surface area (Å²) in [5.74, 6) is 0. The minimum atomic E-state index is 1.21. The molecule has 0 saturated heterocycles. The average molecular weight is 131 g/mol. The van der Waals surface area contributed by atoms with Gasteiger partial charge in [-0.2, -0.15) is 0 Å². The van der Waals surface area contributed by atoms with Crippen LogP contribution in [0.5, 0.6) is 0 Å². The number of pyridine rings is 1. The largest absolute Gasteiger partial charge is 0.518 e. The number of hydrogen-bond donors (Lipinski definition) is 0. The molecule has 1 heterocycles. The predicted molar refractivity (Wildman–Crippen MR) is 43.9 cm³/mol. The molecule has 10 heavy (non-hydrogen) atoms. The molecule has 0 fully saturated rings. The third kappa shape index (κ3) is 1.73. The van der Waals surface area contributed by atoms with Crippen molar-refractivity contribution in [2.45, 2.75) is 6.92 Å². The Labute approximate surface area is 62.4 Å². The first-order valence-corrected chi connectivity index (χ1v) is 3.28. The van der Waals surface area contributed by atoms with E-state index in [0.29, 0.717) is 0 Å². The number of allylic oxidation sites excluding steroid dienone is 1. The van der Waals surface area contributed by atoms with E-state index in [1.807, 2.05) is 37.5 Å². The molecule has 1 radical (unpaired) electrons. The van der Waals surface area contributed by atoms with E-state index in [2.05, 4.69) is 14.1 Å². The highest BCUT2D eigenvalue weighted by Crippen LogP contribution is 1.96. The zero-order valence-electron chi connectivity index (χ0n) is 6.12. The summed E-state index contributed by atoms with van der Waals surface area (Å²) in [7, 11) is 3.71. The third-order valence-corrected chi connectivity index (χ3v) is 1.28. The van der Waals surface area contributed by atoms with E-state index in [9.17, 15) is 0 Å². The molecule has 2 heteroatoms. The van der Waals surface area contributed by atoms with E-state index in [0.717, 1.165) is 0 Å². The van der Waals surface area contributed by atoms with E-state index in [1.54, 1.807) is 4.48 Å². The van der Waals surface area contributed by atoms with Crippen molar-refractivity contribution >= 4 is 14.1 Å². The van der Waals surface area contributed by atoms with Crippen molar-refractivity contribution in [1.82, 2.24) is 0 Å². The maximum atomic E-state index is 3.71. The summed E-state index contributed by atoms with van der Waals surface area (Å²) in [6.45, 7) is 2.01. The van der Waals surface area contributed by atoms with E-state index in [1.165, 1.54) is 5.56 Å². The van der Waals surface area contributed by atoms with Gasteiger partial charge in [0.05, 0.1) is 0 Å². The van der Waals surface area contributed by atoms with E-state index < -0.39 is 0 Å². The SMILES string of the molecule is [BH][n+]1ccc(/C=C/C)cc1. The molecule has 1 aromatic rings. The smallest absolute Gasteiger partial charge is 0.295 e. The summed E-state index contributed by atoms with van der Waals surface area (Å²) in [4.78, 5) is 0. The lowest BCUT2D eigenvalue weighted by Gasteiger charge is -1.88. The second-order valence-electron chi connectivity index (χ2n) is 2.15. The first-order chi connectivity index (χ1) is 4.83. The molecule has 0 amide bonds. The molecule has 0 aliphatic carbocycles. The fraction of sp³-hybridized carbons (Fsp3) is 0.125. The number of nitrogens with zero attached hydrogens (tertiary/aromatic N) is 1. The van der Waals surface area contributed by atoms with Gasteiger partial charge in [0.2, 0.25) is 0 Å². The fourth-order valence-electron chi connectivity index (χ4n) is 0.772. The molecule has 1 nitrogen and oxygen atoms in total. The van der Waals surface area contributed by atoms with Crippen LogP contribution in [-0.2, 0) is 0 Å². The molecule has 0 unspecified atom stereocenters. The fourth-order valence-corrected chi connectivity index (χ4v) is 0.772. The predicted octanol–water partition coefficient (Wildman–Crippen LogP) is 0.671. The Hall–Kier alpha value is -1.05. The Balaban J connectivity index is 2.89. The lowest BCUT2D eigenvalue weighted by molar-refractivity contribution is -0.521. The van der Waals surface area contributed by atoms with Gasteiger partial charge >= 0.3 is 7.98 Å². The lowest BCUT2D eigenvalue weighted by Crippen LogP contribution is -2.29. The van der Waals surface area contributed by atoms with Gasteiger partial charge in [-0.1, -0.05) is 12.2 Å². The van der Waals surface area contributed by atoms with Crippen molar-refractivity contribution in [2.24, 2.45) is 0 Å². The lowest BCUT2D eigenvalue weighted by atomic mass is 10.2. The van der Waals surface area contributed by atoms with E-state index in [4.69, 9.17) is 0 Å². The first kappa shape index (κ1) is 7.07. The van der Waals surface area contributed by atoms with Crippen LogP contribution < -0.4 is 4.48 Å². The van der Waals surface area contributed by atoms with Crippen LogP contribution in [0.25, 0.3) is 6.08 Å². The van der Waals surface area contributed by atoms with E-state index >= 15 is 0 Å². The Bertz CT molecular complexity index is 226. The summed E-state index contributed by atoms with van der Waals surface area (Å²) in [6.07, 6.45) is 7.92. The topological polar surface area (TPSA) is 3.88 Å². The van der Waals surface area contributed by atoms with Crippen LogP contribution >= 0.6 is 0 Å². The van der Waals surface area contributed by atoms with Gasteiger partial charge in [-0.05, 0) is 12.5 Å². The summed E-state index contributed by atoms with van der Waals surface area (Å²) in [5, 5.41) is 0. The third-order valence-electron chi connectivity index (χ3n) is 1.28. The maximum Gasteiger partial charge on any atom is 0.518 e. The average Bonchev–Trinajstić information content (AvgIpc) is 1.95. The quantitative estimate of drug-likeness (QED) is 0.493. The van der Waals surface area contributed by atoms with Crippen molar-refractivity contribution < 1.29 is 4.48 Å². The van der Waals surface area contributed by atoms with Gasteiger partial charge in [0.1, 0.15) is 12.4 Å². The summed E-state index contributed by atoms with van der Waals surface area (Å²) in [5.41, 5.74) is 1.21. The summed E-state index contributed by atoms with van der Waals surface area (Å²) in [6, 6.07) is 4.04. The van der Waals surface area contributed by atoms with Crippen molar-refractivity contribution in [3.05, 3.63) is 36.2 Å². The normalized spacial score (nSPS) is 10.5. The number of hydrogen-bond acceptors (Lipinski definition) is 0. The van der Waals surface area contributed by atoms with Crippen LogP contribution in [0.2, 0.25) is 0 Å². The minimum absolute atomic E-state index is 1.21. The maximum absolute atomic E-state index is 3.71. The Kier molecular flexibility index (Phi) is 2.27. The Morgan fingerprint density at radius 2 is 2.00 bits per heavy atom. The monoisotopic (exact) mass is 131 g/mol. The van der Waals surface area contributed by atoms with Gasteiger partial charge in [-0.3, -0.25) is 4.48 Å². The van der Waals surface area contributed by atoms with Crippen LogP contribution in [-0.4, -0.2) is 7.98 Å².